The van der Waals surface area contributed by atoms with E-state index < -0.39 is 5.97 Å². The van der Waals surface area contributed by atoms with Gasteiger partial charge in [-0.05, 0) is 38.9 Å². The standard InChI is InChI=1S/C18H22N2O4/c1-2-23-18(22)16-14(13-5-3-4-6-15(13)24-16)11-20-9-7-12(8-10-20)17(19)21/h3-6,12H,2,7-11H2,1H3,(H2,19,21). The zero-order valence-electron chi connectivity index (χ0n) is 13.8. The Morgan fingerprint density at radius 1 is 1.29 bits per heavy atom. The van der Waals surface area contributed by atoms with Crippen molar-refractivity contribution in [2.75, 3.05) is 19.7 Å². The Balaban J connectivity index is 1.84. The van der Waals surface area contributed by atoms with Crippen LogP contribution in [0, 0.1) is 5.92 Å². The van der Waals surface area contributed by atoms with Crippen LogP contribution in [-0.4, -0.2) is 36.5 Å². The van der Waals surface area contributed by atoms with Crippen LogP contribution in [0.25, 0.3) is 11.0 Å². The molecule has 1 aromatic heterocycles. The summed E-state index contributed by atoms with van der Waals surface area (Å²) in [6.07, 6.45) is 1.50. The summed E-state index contributed by atoms with van der Waals surface area (Å²) in [5.74, 6) is -0.437. The van der Waals surface area contributed by atoms with E-state index in [0.717, 1.165) is 36.9 Å². The lowest BCUT2D eigenvalue weighted by Gasteiger charge is -2.30. The van der Waals surface area contributed by atoms with Gasteiger partial charge < -0.3 is 14.9 Å². The maximum atomic E-state index is 12.2. The summed E-state index contributed by atoms with van der Waals surface area (Å²) in [5, 5.41) is 0.928. The second kappa shape index (κ2) is 7.05. The van der Waals surface area contributed by atoms with E-state index >= 15 is 0 Å². The number of benzene rings is 1. The van der Waals surface area contributed by atoms with Crippen molar-refractivity contribution in [2.45, 2.75) is 26.3 Å². The molecule has 0 radical (unpaired) electrons. The van der Waals surface area contributed by atoms with E-state index in [4.69, 9.17) is 14.9 Å². The number of amides is 1. The van der Waals surface area contributed by atoms with E-state index in [1.54, 1.807) is 6.92 Å². The lowest BCUT2D eigenvalue weighted by molar-refractivity contribution is -0.123. The van der Waals surface area contributed by atoms with Crippen molar-refractivity contribution in [3.05, 3.63) is 35.6 Å². The Labute approximate surface area is 140 Å². The van der Waals surface area contributed by atoms with Crippen molar-refractivity contribution in [1.29, 1.82) is 0 Å². The molecule has 0 spiro atoms. The molecule has 6 heteroatoms. The van der Waals surface area contributed by atoms with Crippen LogP contribution in [0.3, 0.4) is 0 Å². The molecule has 1 aliphatic rings. The van der Waals surface area contributed by atoms with Crippen molar-refractivity contribution >= 4 is 22.8 Å². The van der Waals surface area contributed by atoms with Crippen LogP contribution in [0.4, 0.5) is 0 Å². The molecule has 2 N–H and O–H groups in total. The maximum absolute atomic E-state index is 12.2. The van der Waals surface area contributed by atoms with Crippen LogP contribution in [0.2, 0.25) is 0 Å². The minimum Gasteiger partial charge on any atom is -0.460 e. The molecule has 1 aliphatic heterocycles. The SMILES string of the molecule is CCOC(=O)c1oc2ccccc2c1CN1CCC(C(N)=O)CC1. The molecule has 128 valence electrons. The number of piperidine rings is 1. The number of rotatable bonds is 5. The largest absolute Gasteiger partial charge is 0.460 e. The number of primary amides is 1. The van der Waals surface area contributed by atoms with Gasteiger partial charge in [-0.1, -0.05) is 18.2 Å². The second-order valence-corrected chi connectivity index (χ2v) is 6.08. The predicted octanol–water partition coefficient (Wildman–Crippen LogP) is 2.31. The van der Waals surface area contributed by atoms with Gasteiger partial charge in [-0.3, -0.25) is 9.69 Å². The van der Waals surface area contributed by atoms with Gasteiger partial charge >= 0.3 is 5.97 Å². The number of esters is 1. The van der Waals surface area contributed by atoms with E-state index in [1.165, 1.54) is 0 Å². The van der Waals surface area contributed by atoms with Crippen LogP contribution in [-0.2, 0) is 16.1 Å². The predicted molar refractivity (Wildman–Crippen MR) is 89.4 cm³/mol. The van der Waals surface area contributed by atoms with Gasteiger partial charge in [0, 0.05) is 23.4 Å². The third-order valence-corrected chi connectivity index (χ3v) is 4.53. The number of nitrogens with two attached hydrogens (primary N) is 1. The fourth-order valence-corrected chi connectivity index (χ4v) is 3.22. The Morgan fingerprint density at radius 2 is 2.00 bits per heavy atom. The molecular formula is C18H22N2O4. The van der Waals surface area contributed by atoms with Gasteiger partial charge in [0.05, 0.1) is 6.61 Å². The number of nitrogens with zero attached hydrogens (tertiary/aromatic N) is 1. The molecule has 24 heavy (non-hydrogen) atoms. The normalized spacial score (nSPS) is 16.4. The first-order valence-electron chi connectivity index (χ1n) is 8.29. The Morgan fingerprint density at radius 3 is 2.67 bits per heavy atom. The number of carbonyl (C=O) groups excluding carboxylic acids is 2. The van der Waals surface area contributed by atoms with Crippen molar-refractivity contribution in [3.8, 4) is 0 Å². The molecule has 0 aliphatic carbocycles. The third kappa shape index (κ3) is 3.28. The average Bonchev–Trinajstić information content (AvgIpc) is 2.94. The van der Waals surface area contributed by atoms with E-state index in [0.29, 0.717) is 18.7 Å². The molecule has 0 atom stereocenters. The number of fused-ring (bicyclic) bond motifs is 1. The molecule has 2 aromatic rings. The fourth-order valence-electron chi connectivity index (χ4n) is 3.22. The number of ether oxygens (including phenoxy) is 1. The third-order valence-electron chi connectivity index (χ3n) is 4.53. The lowest BCUT2D eigenvalue weighted by atomic mass is 9.96. The number of hydrogen-bond acceptors (Lipinski definition) is 5. The van der Waals surface area contributed by atoms with Gasteiger partial charge in [-0.2, -0.15) is 0 Å². The number of furan rings is 1. The van der Waals surface area contributed by atoms with Crippen molar-refractivity contribution < 1.29 is 18.7 Å². The summed E-state index contributed by atoms with van der Waals surface area (Å²) < 4.78 is 10.9. The fraction of sp³-hybridized carbons (Fsp3) is 0.444. The molecule has 0 saturated carbocycles. The van der Waals surface area contributed by atoms with Gasteiger partial charge in [0.25, 0.3) is 0 Å². The first-order valence-corrected chi connectivity index (χ1v) is 8.29. The topological polar surface area (TPSA) is 85.8 Å². The summed E-state index contributed by atoms with van der Waals surface area (Å²) in [6.45, 7) is 4.22. The van der Waals surface area contributed by atoms with E-state index in [-0.39, 0.29) is 17.6 Å². The number of carbonyl (C=O) groups is 2. The Hall–Kier alpha value is -2.34. The Kier molecular flexibility index (Phi) is 4.85. The summed E-state index contributed by atoms with van der Waals surface area (Å²) in [5.41, 5.74) is 6.92. The Bertz CT molecular complexity index is 745. The zero-order valence-corrected chi connectivity index (χ0v) is 13.8. The highest BCUT2D eigenvalue weighted by atomic mass is 16.5. The van der Waals surface area contributed by atoms with Crippen LogP contribution in [0.15, 0.2) is 28.7 Å². The minimum absolute atomic E-state index is 0.0492. The maximum Gasteiger partial charge on any atom is 0.374 e. The molecule has 0 unspecified atom stereocenters. The van der Waals surface area contributed by atoms with Gasteiger partial charge in [-0.25, -0.2) is 4.79 Å². The van der Waals surface area contributed by atoms with Crippen molar-refractivity contribution in [3.63, 3.8) is 0 Å². The summed E-state index contributed by atoms with van der Waals surface area (Å²) in [7, 11) is 0. The van der Waals surface area contributed by atoms with Crippen LogP contribution < -0.4 is 5.73 Å². The molecule has 2 heterocycles. The first kappa shape index (κ1) is 16.5. The molecular weight excluding hydrogens is 308 g/mol. The lowest BCUT2D eigenvalue weighted by Crippen LogP contribution is -2.38. The van der Waals surface area contributed by atoms with Gasteiger partial charge in [0.15, 0.2) is 0 Å². The van der Waals surface area contributed by atoms with Crippen LogP contribution >= 0.6 is 0 Å². The number of hydrogen-bond donors (Lipinski definition) is 1. The van der Waals surface area contributed by atoms with Gasteiger partial charge in [0.2, 0.25) is 11.7 Å². The monoisotopic (exact) mass is 330 g/mol. The highest BCUT2D eigenvalue weighted by Gasteiger charge is 2.27. The van der Waals surface area contributed by atoms with Crippen molar-refractivity contribution in [2.24, 2.45) is 11.7 Å². The van der Waals surface area contributed by atoms with Crippen molar-refractivity contribution in [1.82, 2.24) is 4.90 Å². The minimum atomic E-state index is -0.435. The van der Waals surface area contributed by atoms with E-state index in [1.807, 2.05) is 24.3 Å². The molecule has 6 nitrogen and oxygen atoms in total. The summed E-state index contributed by atoms with van der Waals surface area (Å²) in [4.78, 5) is 25.7. The molecule has 1 fully saturated rings. The van der Waals surface area contributed by atoms with Gasteiger partial charge in [-0.15, -0.1) is 0 Å². The smallest absolute Gasteiger partial charge is 0.374 e. The number of likely N-dealkylation sites (tertiary alicyclic amines) is 1. The molecule has 3 rings (SSSR count). The average molecular weight is 330 g/mol. The van der Waals surface area contributed by atoms with Crippen LogP contribution in [0.5, 0.6) is 0 Å². The first-order chi connectivity index (χ1) is 11.6. The second-order valence-electron chi connectivity index (χ2n) is 6.08. The summed E-state index contributed by atoms with van der Waals surface area (Å²) in [6, 6.07) is 7.60. The molecule has 0 bridgehead atoms. The molecule has 1 saturated heterocycles. The van der Waals surface area contributed by atoms with Gasteiger partial charge in [0.1, 0.15) is 5.58 Å². The van der Waals surface area contributed by atoms with E-state index in [2.05, 4.69) is 4.90 Å². The highest BCUT2D eigenvalue weighted by molar-refractivity contribution is 5.96. The van der Waals surface area contributed by atoms with Crippen LogP contribution in [0.1, 0.15) is 35.9 Å². The number of para-hydroxylation sites is 1. The molecule has 1 amide bonds. The summed E-state index contributed by atoms with van der Waals surface area (Å²) >= 11 is 0. The highest BCUT2D eigenvalue weighted by Crippen LogP contribution is 2.29. The quantitative estimate of drug-likeness (QED) is 0.850. The zero-order chi connectivity index (χ0) is 17.1. The molecule has 1 aromatic carbocycles. The van der Waals surface area contributed by atoms with E-state index in [9.17, 15) is 9.59 Å².